The van der Waals surface area contributed by atoms with Gasteiger partial charge in [-0.15, -0.1) is 0 Å². The Morgan fingerprint density at radius 1 is 0.970 bits per heavy atom. The lowest BCUT2D eigenvalue weighted by Gasteiger charge is -2.38. The summed E-state index contributed by atoms with van der Waals surface area (Å²) in [6.07, 6.45) is 1.70. The molecule has 1 atom stereocenters. The van der Waals surface area contributed by atoms with Crippen LogP contribution in [0.15, 0.2) is 60.8 Å². The molecule has 0 radical (unpaired) electrons. The van der Waals surface area contributed by atoms with Gasteiger partial charge in [-0.25, -0.2) is 9.48 Å². The maximum atomic E-state index is 13.3. The van der Waals surface area contributed by atoms with E-state index in [1.54, 1.807) is 21.8 Å². The van der Waals surface area contributed by atoms with Crippen LogP contribution in [0, 0.1) is 0 Å². The minimum atomic E-state index is -0.632. The molecule has 1 aliphatic heterocycles. The van der Waals surface area contributed by atoms with Gasteiger partial charge in [-0.1, -0.05) is 48.0 Å². The lowest BCUT2D eigenvalue weighted by atomic mass is 10.0. The number of rotatable bonds is 6. The van der Waals surface area contributed by atoms with Crippen LogP contribution >= 0.6 is 11.6 Å². The van der Waals surface area contributed by atoms with E-state index in [0.29, 0.717) is 42.5 Å². The summed E-state index contributed by atoms with van der Waals surface area (Å²) >= 11 is 6.36. The van der Waals surface area contributed by atoms with E-state index in [2.05, 4.69) is 5.10 Å². The number of esters is 1. The van der Waals surface area contributed by atoms with Crippen LogP contribution in [0.25, 0.3) is 5.69 Å². The molecule has 2 aromatic carbocycles. The van der Waals surface area contributed by atoms with Crippen molar-refractivity contribution in [2.75, 3.05) is 40.4 Å². The number of ether oxygens (including phenoxy) is 2. The first-order valence-corrected chi connectivity index (χ1v) is 11.0. The number of hydrogen-bond acceptors (Lipinski definition) is 6. The quantitative estimate of drug-likeness (QED) is 0.517. The van der Waals surface area contributed by atoms with E-state index in [9.17, 15) is 9.59 Å². The Labute approximate surface area is 197 Å². The standard InChI is InChI=1S/C24H25ClN4O4/c1-32-20-16-29(17-8-4-3-5-9-17)26-21(20)23(30)28-14-12-27(13-15-28)22(24(31)33-2)18-10-6-7-11-19(18)25/h3-11,16,22H,12-15H2,1-2H3. The predicted molar refractivity (Wildman–Crippen MR) is 124 cm³/mol. The summed E-state index contributed by atoms with van der Waals surface area (Å²) in [5.74, 6) is -0.186. The Balaban J connectivity index is 1.50. The van der Waals surface area contributed by atoms with Gasteiger partial charge in [-0.2, -0.15) is 5.10 Å². The molecule has 1 saturated heterocycles. The molecule has 1 unspecified atom stereocenters. The molecule has 9 heteroatoms. The molecule has 0 bridgehead atoms. The molecule has 33 heavy (non-hydrogen) atoms. The zero-order valence-electron chi connectivity index (χ0n) is 18.5. The molecule has 172 valence electrons. The van der Waals surface area contributed by atoms with E-state index in [1.807, 2.05) is 53.4 Å². The number of carbonyl (C=O) groups is 2. The SMILES string of the molecule is COC(=O)C(c1ccccc1Cl)N1CCN(C(=O)c2nn(-c3ccccc3)cc2OC)CC1. The molecule has 4 rings (SSSR count). The summed E-state index contributed by atoms with van der Waals surface area (Å²) in [6.45, 7) is 1.83. The smallest absolute Gasteiger partial charge is 0.327 e. The third kappa shape index (κ3) is 4.72. The molecule has 3 aromatic rings. The van der Waals surface area contributed by atoms with Crippen molar-refractivity contribution in [3.8, 4) is 11.4 Å². The Morgan fingerprint density at radius 3 is 2.27 bits per heavy atom. The highest BCUT2D eigenvalue weighted by atomic mass is 35.5. The highest BCUT2D eigenvalue weighted by Gasteiger charge is 2.34. The summed E-state index contributed by atoms with van der Waals surface area (Å²) in [5.41, 5.74) is 1.78. The van der Waals surface area contributed by atoms with Gasteiger partial charge in [0.25, 0.3) is 5.91 Å². The molecule has 0 N–H and O–H groups in total. The summed E-state index contributed by atoms with van der Waals surface area (Å²) in [6, 6.07) is 16.1. The largest absolute Gasteiger partial charge is 0.493 e. The molecule has 1 aliphatic rings. The number of hydrogen-bond donors (Lipinski definition) is 0. The number of amides is 1. The average Bonchev–Trinajstić information content (AvgIpc) is 3.30. The van der Waals surface area contributed by atoms with E-state index in [4.69, 9.17) is 21.1 Å². The summed E-state index contributed by atoms with van der Waals surface area (Å²) in [7, 11) is 2.88. The van der Waals surface area contributed by atoms with E-state index < -0.39 is 6.04 Å². The van der Waals surface area contributed by atoms with Crippen molar-refractivity contribution in [3.05, 3.63) is 77.1 Å². The van der Waals surface area contributed by atoms with Crippen LogP contribution in [0.5, 0.6) is 5.75 Å². The Hall–Kier alpha value is -3.36. The van der Waals surface area contributed by atoms with Crippen molar-refractivity contribution in [1.29, 1.82) is 0 Å². The van der Waals surface area contributed by atoms with Crippen LogP contribution in [0.2, 0.25) is 5.02 Å². The molecule has 1 amide bonds. The normalized spacial score (nSPS) is 15.2. The highest BCUT2D eigenvalue weighted by molar-refractivity contribution is 6.31. The summed E-state index contributed by atoms with van der Waals surface area (Å²) < 4.78 is 12.1. The molecule has 0 saturated carbocycles. The Kier molecular flexibility index (Phi) is 6.96. The molecular formula is C24H25ClN4O4. The second kappa shape index (κ2) is 10.1. The molecule has 0 aliphatic carbocycles. The second-order valence-corrected chi connectivity index (χ2v) is 8.01. The van der Waals surface area contributed by atoms with Gasteiger partial charge in [0.2, 0.25) is 0 Å². The molecule has 1 fully saturated rings. The van der Waals surface area contributed by atoms with Gasteiger partial charge in [0.05, 0.1) is 26.1 Å². The minimum Gasteiger partial charge on any atom is -0.493 e. The van der Waals surface area contributed by atoms with Crippen molar-refractivity contribution in [2.45, 2.75) is 6.04 Å². The average molecular weight is 469 g/mol. The van der Waals surface area contributed by atoms with E-state index in [-0.39, 0.29) is 17.6 Å². The number of carbonyl (C=O) groups excluding carboxylic acids is 2. The maximum absolute atomic E-state index is 13.3. The fourth-order valence-corrected chi connectivity index (χ4v) is 4.22. The van der Waals surface area contributed by atoms with Crippen LogP contribution < -0.4 is 4.74 Å². The van der Waals surface area contributed by atoms with Crippen LogP contribution in [0.3, 0.4) is 0 Å². The Bertz CT molecular complexity index is 1130. The number of methoxy groups -OCH3 is 2. The minimum absolute atomic E-state index is 0.214. The van der Waals surface area contributed by atoms with Gasteiger partial charge in [-0.3, -0.25) is 9.69 Å². The number of halogens is 1. The first-order chi connectivity index (χ1) is 16.0. The fourth-order valence-electron chi connectivity index (χ4n) is 3.98. The zero-order valence-corrected chi connectivity index (χ0v) is 19.2. The number of aromatic nitrogens is 2. The molecule has 0 spiro atoms. The molecule has 1 aromatic heterocycles. The van der Waals surface area contributed by atoms with Crippen molar-refractivity contribution in [3.63, 3.8) is 0 Å². The maximum Gasteiger partial charge on any atom is 0.327 e. The van der Waals surface area contributed by atoms with Crippen LogP contribution in [0.4, 0.5) is 0 Å². The summed E-state index contributed by atoms with van der Waals surface area (Å²) in [5, 5.41) is 4.98. The lowest BCUT2D eigenvalue weighted by Crippen LogP contribution is -2.51. The highest BCUT2D eigenvalue weighted by Crippen LogP contribution is 2.30. The van der Waals surface area contributed by atoms with E-state index >= 15 is 0 Å². The van der Waals surface area contributed by atoms with Gasteiger partial charge >= 0.3 is 5.97 Å². The molecule has 8 nitrogen and oxygen atoms in total. The topological polar surface area (TPSA) is 76.9 Å². The predicted octanol–water partition coefficient (Wildman–Crippen LogP) is 3.21. The number of nitrogens with zero attached hydrogens (tertiary/aromatic N) is 4. The van der Waals surface area contributed by atoms with E-state index in [1.165, 1.54) is 14.2 Å². The Morgan fingerprint density at radius 2 is 1.64 bits per heavy atom. The molecule has 2 heterocycles. The van der Waals surface area contributed by atoms with Crippen LogP contribution in [-0.2, 0) is 9.53 Å². The summed E-state index contributed by atoms with van der Waals surface area (Å²) in [4.78, 5) is 29.5. The van der Waals surface area contributed by atoms with Crippen molar-refractivity contribution >= 4 is 23.5 Å². The van der Waals surface area contributed by atoms with Gasteiger partial charge < -0.3 is 14.4 Å². The zero-order chi connectivity index (χ0) is 23.4. The first kappa shape index (κ1) is 22.8. The third-order valence-electron chi connectivity index (χ3n) is 5.71. The first-order valence-electron chi connectivity index (χ1n) is 10.6. The monoisotopic (exact) mass is 468 g/mol. The fraction of sp³-hybridized carbons (Fsp3) is 0.292. The van der Waals surface area contributed by atoms with Crippen molar-refractivity contribution in [1.82, 2.24) is 19.6 Å². The van der Waals surface area contributed by atoms with E-state index in [0.717, 1.165) is 5.69 Å². The van der Waals surface area contributed by atoms with Gasteiger partial charge in [0.1, 0.15) is 6.04 Å². The van der Waals surface area contributed by atoms with Crippen LogP contribution in [0.1, 0.15) is 22.1 Å². The second-order valence-electron chi connectivity index (χ2n) is 7.60. The number of benzene rings is 2. The van der Waals surface area contributed by atoms with Crippen molar-refractivity contribution in [2.24, 2.45) is 0 Å². The third-order valence-corrected chi connectivity index (χ3v) is 6.06. The lowest BCUT2D eigenvalue weighted by molar-refractivity contribution is -0.148. The van der Waals surface area contributed by atoms with Gasteiger partial charge in [-0.05, 0) is 23.8 Å². The number of piperazine rings is 1. The van der Waals surface area contributed by atoms with Gasteiger partial charge in [0, 0.05) is 31.2 Å². The van der Waals surface area contributed by atoms with Gasteiger partial charge in [0.15, 0.2) is 11.4 Å². The van der Waals surface area contributed by atoms with Crippen LogP contribution in [-0.4, -0.2) is 71.9 Å². The van der Waals surface area contributed by atoms with Crippen molar-refractivity contribution < 1.29 is 19.1 Å². The molecular weight excluding hydrogens is 444 g/mol. The number of para-hydroxylation sites is 1.